The van der Waals surface area contributed by atoms with Crippen LogP contribution in [0.4, 0.5) is 5.82 Å². The third-order valence-electron chi connectivity index (χ3n) is 4.70. The van der Waals surface area contributed by atoms with Gasteiger partial charge in [0.2, 0.25) is 0 Å². The Morgan fingerprint density at radius 1 is 1.15 bits per heavy atom. The van der Waals surface area contributed by atoms with Crippen molar-refractivity contribution in [2.24, 2.45) is 0 Å². The second kappa shape index (κ2) is 5.81. The normalized spacial score (nSPS) is 11.3. The maximum atomic E-state index is 9.59. The highest BCUT2D eigenvalue weighted by molar-refractivity contribution is 5.85. The van der Waals surface area contributed by atoms with Gasteiger partial charge in [0.15, 0.2) is 11.3 Å². The van der Waals surface area contributed by atoms with Crippen LogP contribution in [0.3, 0.4) is 0 Å². The Balaban J connectivity index is 1.67. The lowest BCUT2D eigenvalue weighted by atomic mass is 10.1. The third kappa shape index (κ3) is 2.31. The Hall–Kier alpha value is -3.92. The van der Waals surface area contributed by atoms with Crippen LogP contribution in [-0.4, -0.2) is 24.0 Å². The van der Waals surface area contributed by atoms with E-state index in [0.717, 1.165) is 33.8 Å². The van der Waals surface area contributed by atoms with Crippen molar-refractivity contribution in [3.8, 4) is 6.07 Å². The Morgan fingerprint density at radius 2 is 2.04 bits per heavy atom. The Morgan fingerprint density at radius 3 is 2.93 bits per heavy atom. The summed E-state index contributed by atoms with van der Waals surface area (Å²) in [5, 5.41) is 17.4. The van der Waals surface area contributed by atoms with Crippen molar-refractivity contribution in [3.05, 3.63) is 71.7 Å². The number of para-hydroxylation sites is 2. The lowest BCUT2D eigenvalue weighted by molar-refractivity contribution is 0.851. The van der Waals surface area contributed by atoms with Crippen molar-refractivity contribution in [2.75, 3.05) is 5.32 Å². The number of hydrogen-bond donors (Lipinski definition) is 1. The number of nitriles is 1. The lowest BCUT2D eigenvalue weighted by Gasteiger charge is -2.13. The van der Waals surface area contributed by atoms with Crippen LogP contribution in [0.2, 0.25) is 0 Å². The molecule has 1 N–H and O–H groups in total. The molecule has 0 atom stereocenters. The minimum absolute atomic E-state index is 0.563. The van der Waals surface area contributed by atoms with Crippen LogP contribution in [0.15, 0.2) is 54.9 Å². The summed E-state index contributed by atoms with van der Waals surface area (Å²) in [6, 6.07) is 16.0. The van der Waals surface area contributed by atoms with Gasteiger partial charge in [0, 0.05) is 12.3 Å². The zero-order valence-corrected chi connectivity index (χ0v) is 14.6. The first kappa shape index (κ1) is 15.3. The van der Waals surface area contributed by atoms with E-state index in [4.69, 9.17) is 0 Å². The van der Waals surface area contributed by atoms with Gasteiger partial charge in [-0.15, -0.1) is 0 Å². The van der Waals surface area contributed by atoms with E-state index >= 15 is 0 Å². The van der Waals surface area contributed by atoms with Crippen LogP contribution in [0.25, 0.3) is 22.3 Å². The summed E-state index contributed by atoms with van der Waals surface area (Å²) >= 11 is 0. The highest BCUT2D eigenvalue weighted by Gasteiger charge is 2.15. The van der Waals surface area contributed by atoms with Crippen molar-refractivity contribution < 1.29 is 0 Å². The number of pyridine rings is 1. The Kier molecular flexibility index (Phi) is 3.30. The zero-order valence-electron chi connectivity index (χ0n) is 14.6. The number of imidazole rings is 1. The summed E-state index contributed by atoms with van der Waals surface area (Å²) in [4.78, 5) is 8.97. The quantitative estimate of drug-likeness (QED) is 0.538. The largest absolute Gasteiger partial charge is 0.365 e. The first-order chi connectivity index (χ1) is 13.3. The van der Waals surface area contributed by atoms with Crippen molar-refractivity contribution in [2.45, 2.75) is 13.5 Å². The fourth-order valence-corrected chi connectivity index (χ4v) is 3.42. The Bertz CT molecular complexity index is 1350. The molecule has 0 radical (unpaired) electrons. The third-order valence-corrected chi connectivity index (χ3v) is 4.70. The fraction of sp³-hybridized carbons (Fsp3) is 0.100. The summed E-state index contributed by atoms with van der Waals surface area (Å²) in [6.45, 7) is 2.49. The van der Waals surface area contributed by atoms with Gasteiger partial charge in [0.25, 0.3) is 0 Å². The summed E-state index contributed by atoms with van der Waals surface area (Å²) < 4.78 is 3.81. The molecule has 0 aliphatic rings. The summed E-state index contributed by atoms with van der Waals surface area (Å²) in [5.74, 6) is 0.882. The summed E-state index contributed by atoms with van der Waals surface area (Å²) in [5.41, 5.74) is 5.77. The molecular weight excluding hydrogens is 338 g/mol. The number of aromatic nitrogens is 5. The van der Waals surface area contributed by atoms with E-state index < -0.39 is 0 Å². The SMILES string of the molecule is Cc1cc(NCc2ccnc3ccnn23)n2c(nc3ccccc32)c1C#N. The maximum absolute atomic E-state index is 9.59. The molecule has 0 spiro atoms. The van der Waals surface area contributed by atoms with E-state index in [2.05, 4.69) is 26.5 Å². The van der Waals surface area contributed by atoms with Crippen molar-refractivity contribution >= 4 is 28.1 Å². The molecule has 5 rings (SSSR count). The second-order valence-corrected chi connectivity index (χ2v) is 6.35. The van der Waals surface area contributed by atoms with Gasteiger partial charge in [-0.1, -0.05) is 12.1 Å². The van der Waals surface area contributed by atoms with Crippen LogP contribution < -0.4 is 5.32 Å². The first-order valence-corrected chi connectivity index (χ1v) is 8.58. The van der Waals surface area contributed by atoms with E-state index in [-0.39, 0.29) is 0 Å². The molecule has 1 aromatic carbocycles. The molecule has 5 aromatic rings. The van der Waals surface area contributed by atoms with Crippen LogP contribution in [-0.2, 0) is 6.54 Å². The van der Waals surface area contributed by atoms with Gasteiger partial charge < -0.3 is 5.32 Å². The van der Waals surface area contributed by atoms with Crippen LogP contribution in [0.1, 0.15) is 16.8 Å². The number of nitrogens with one attached hydrogen (secondary N) is 1. The predicted octanol–water partition coefficient (Wildman–Crippen LogP) is 3.32. The number of nitrogens with zero attached hydrogens (tertiary/aromatic N) is 6. The molecular formula is C20H15N7. The molecule has 7 heteroatoms. The van der Waals surface area contributed by atoms with Gasteiger partial charge in [0.05, 0.1) is 35.0 Å². The van der Waals surface area contributed by atoms with Gasteiger partial charge in [-0.25, -0.2) is 14.5 Å². The fourth-order valence-electron chi connectivity index (χ4n) is 3.42. The van der Waals surface area contributed by atoms with Gasteiger partial charge in [-0.2, -0.15) is 10.4 Å². The van der Waals surface area contributed by atoms with Crippen LogP contribution in [0.5, 0.6) is 0 Å². The van der Waals surface area contributed by atoms with Crippen LogP contribution in [0, 0.1) is 18.3 Å². The maximum Gasteiger partial charge on any atom is 0.157 e. The molecule has 0 fully saturated rings. The van der Waals surface area contributed by atoms with Crippen LogP contribution >= 0.6 is 0 Å². The van der Waals surface area contributed by atoms with E-state index in [9.17, 15) is 5.26 Å². The summed E-state index contributed by atoms with van der Waals surface area (Å²) in [6.07, 6.45) is 3.51. The minimum Gasteiger partial charge on any atom is -0.365 e. The van der Waals surface area contributed by atoms with E-state index in [1.807, 2.05) is 58.3 Å². The topological polar surface area (TPSA) is 83.3 Å². The molecule has 4 aromatic heterocycles. The molecule has 0 aliphatic carbocycles. The van der Waals surface area contributed by atoms with Gasteiger partial charge >= 0.3 is 0 Å². The van der Waals surface area contributed by atoms with E-state index in [0.29, 0.717) is 17.8 Å². The number of fused-ring (bicyclic) bond motifs is 4. The predicted molar refractivity (Wildman–Crippen MR) is 102 cm³/mol. The number of rotatable bonds is 3. The number of hydrogen-bond acceptors (Lipinski definition) is 5. The molecule has 0 unspecified atom stereocenters. The average Bonchev–Trinajstić information content (AvgIpc) is 3.31. The van der Waals surface area contributed by atoms with Gasteiger partial charge in [-0.05, 0) is 36.8 Å². The molecule has 0 aliphatic heterocycles. The molecule has 0 bridgehead atoms. The summed E-state index contributed by atoms with van der Waals surface area (Å²) in [7, 11) is 0. The molecule has 0 saturated carbocycles. The number of anilines is 1. The van der Waals surface area contributed by atoms with Gasteiger partial charge in [0.1, 0.15) is 11.9 Å². The van der Waals surface area contributed by atoms with Gasteiger partial charge in [-0.3, -0.25) is 4.40 Å². The van der Waals surface area contributed by atoms with Crippen molar-refractivity contribution in [1.82, 2.24) is 24.0 Å². The number of aryl methyl sites for hydroxylation is 1. The monoisotopic (exact) mass is 353 g/mol. The van der Waals surface area contributed by atoms with E-state index in [1.165, 1.54) is 0 Å². The average molecular weight is 353 g/mol. The second-order valence-electron chi connectivity index (χ2n) is 6.35. The molecule has 7 nitrogen and oxygen atoms in total. The molecule has 130 valence electrons. The number of benzene rings is 1. The standard InChI is InChI=1S/C20H15N7/c1-13-10-19(23-12-14-6-8-22-18-7-9-24-27(14)18)26-17-5-3-2-4-16(17)25-20(26)15(13)11-21/h2-10,23H,12H2,1H3. The highest BCUT2D eigenvalue weighted by atomic mass is 15.3. The molecule has 0 amide bonds. The molecule has 0 saturated heterocycles. The minimum atomic E-state index is 0.563. The highest BCUT2D eigenvalue weighted by Crippen LogP contribution is 2.26. The molecule has 27 heavy (non-hydrogen) atoms. The lowest BCUT2D eigenvalue weighted by Crippen LogP contribution is -2.10. The first-order valence-electron chi connectivity index (χ1n) is 8.58. The van der Waals surface area contributed by atoms with E-state index in [1.54, 1.807) is 12.4 Å². The zero-order chi connectivity index (χ0) is 18.4. The molecule has 4 heterocycles. The Labute approximate surface area is 154 Å². The van der Waals surface area contributed by atoms with Crippen molar-refractivity contribution in [3.63, 3.8) is 0 Å². The smallest absolute Gasteiger partial charge is 0.157 e. The van der Waals surface area contributed by atoms with Crippen molar-refractivity contribution in [1.29, 1.82) is 5.26 Å².